The summed E-state index contributed by atoms with van der Waals surface area (Å²) in [4.78, 5) is 25.5. The van der Waals surface area contributed by atoms with Crippen LogP contribution in [-0.4, -0.2) is 40.0 Å². The smallest absolute Gasteiger partial charge is 0.323 e. The molecule has 20 heavy (non-hydrogen) atoms. The van der Waals surface area contributed by atoms with E-state index in [9.17, 15) is 9.59 Å². The Morgan fingerprint density at radius 1 is 1.25 bits per heavy atom. The first-order chi connectivity index (χ1) is 9.42. The van der Waals surface area contributed by atoms with Crippen molar-refractivity contribution in [2.24, 2.45) is 11.7 Å². The number of hydrogen-bond donors (Lipinski definition) is 2. The van der Waals surface area contributed by atoms with Crippen LogP contribution >= 0.6 is 0 Å². The predicted octanol–water partition coefficient (Wildman–Crippen LogP) is 1.75. The summed E-state index contributed by atoms with van der Waals surface area (Å²) in [6.07, 6.45) is 7.37. The molecule has 5 heteroatoms. The van der Waals surface area contributed by atoms with Crippen LogP contribution in [0.15, 0.2) is 0 Å². The molecule has 2 atom stereocenters. The Bertz CT molecular complexity index is 379. The highest BCUT2D eigenvalue weighted by Crippen LogP contribution is 2.34. The first-order valence-electron chi connectivity index (χ1n) is 7.74. The fraction of sp³-hybridized carbons (Fsp3) is 0.867. The summed E-state index contributed by atoms with van der Waals surface area (Å²) in [5.74, 6) is -0.649. The lowest BCUT2D eigenvalue weighted by Crippen LogP contribution is -2.60. The predicted molar refractivity (Wildman–Crippen MR) is 76.2 cm³/mol. The summed E-state index contributed by atoms with van der Waals surface area (Å²) >= 11 is 0. The second-order valence-electron chi connectivity index (χ2n) is 6.62. The molecular formula is C15H26N2O3. The Kier molecular flexibility index (Phi) is 4.68. The molecule has 2 aliphatic rings. The fourth-order valence-corrected chi connectivity index (χ4v) is 3.80. The normalized spacial score (nSPS) is 31.2. The van der Waals surface area contributed by atoms with Crippen molar-refractivity contribution < 1.29 is 14.7 Å². The summed E-state index contributed by atoms with van der Waals surface area (Å²) in [5.41, 5.74) is 5.50. The van der Waals surface area contributed by atoms with Crippen molar-refractivity contribution in [2.45, 2.75) is 69.9 Å². The van der Waals surface area contributed by atoms with E-state index in [2.05, 4.69) is 6.92 Å². The number of nitrogens with two attached hydrogens (primary N) is 1. The van der Waals surface area contributed by atoms with Crippen molar-refractivity contribution in [3.8, 4) is 0 Å². The van der Waals surface area contributed by atoms with Crippen LogP contribution in [-0.2, 0) is 9.59 Å². The number of hydrogen-bond acceptors (Lipinski definition) is 3. The quantitative estimate of drug-likeness (QED) is 0.823. The highest BCUT2D eigenvalue weighted by molar-refractivity contribution is 5.89. The van der Waals surface area contributed by atoms with Gasteiger partial charge >= 0.3 is 5.97 Å². The van der Waals surface area contributed by atoms with Crippen LogP contribution in [0.1, 0.15) is 58.3 Å². The van der Waals surface area contributed by atoms with E-state index >= 15 is 0 Å². The third-order valence-electron chi connectivity index (χ3n) is 4.79. The first-order valence-corrected chi connectivity index (χ1v) is 7.74. The van der Waals surface area contributed by atoms with E-state index in [1.807, 2.05) is 0 Å². The topological polar surface area (TPSA) is 83.6 Å². The van der Waals surface area contributed by atoms with E-state index < -0.39 is 11.5 Å². The van der Waals surface area contributed by atoms with Gasteiger partial charge in [-0.3, -0.25) is 9.59 Å². The molecule has 2 saturated carbocycles. The molecule has 0 radical (unpaired) electrons. The molecule has 0 heterocycles. The van der Waals surface area contributed by atoms with Gasteiger partial charge in [0.25, 0.3) is 0 Å². The second-order valence-corrected chi connectivity index (χ2v) is 6.62. The lowest BCUT2D eigenvalue weighted by molar-refractivity contribution is -0.150. The van der Waals surface area contributed by atoms with E-state index in [-0.39, 0.29) is 18.5 Å². The number of carbonyl (C=O) groups is 2. The lowest BCUT2D eigenvalue weighted by atomic mass is 9.76. The molecule has 0 aromatic rings. The molecule has 2 aliphatic carbocycles. The zero-order chi connectivity index (χ0) is 14.8. The number of carboxylic acids is 1. The number of nitrogens with zero attached hydrogens (tertiary/aromatic N) is 1. The average Bonchev–Trinajstić information content (AvgIpc) is 2.88. The van der Waals surface area contributed by atoms with Crippen molar-refractivity contribution in [3.05, 3.63) is 0 Å². The van der Waals surface area contributed by atoms with Crippen LogP contribution in [0.3, 0.4) is 0 Å². The molecule has 0 spiro atoms. The molecular weight excluding hydrogens is 256 g/mol. The van der Waals surface area contributed by atoms with Crippen molar-refractivity contribution in [1.29, 1.82) is 0 Å². The van der Waals surface area contributed by atoms with Gasteiger partial charge in [-0.2, -0.15) is 0 Å². The fourth-order valence-electron chi connectivity index (χ4n) is 3.80. The van der Waals surface area contributed by atoms with Gasteiger partial charge in [0.05, 0.1) is 5.54 Å². The van der Waals surface area contributed by atoms with Gasteiger partial charge in [-0.05, 0) is 31.6 Å². The van der Waals surface area contributed by atoms with Crippen LogP contribution in [0.25, 0.3) is 0 Å². The van der Waals surface area contributed by atoms with Gasteiger partial charge in [0.1, 0.15) is 6.54 Å². The van der Waals surface area contributed by atoms with E-state index in [1.165, 1.54) is 0 Å². The minimum Gasteiger partial charge on any atom is -0.480 e. The SMILES string of the molecule is CC1CCCC(N)(C(=O)N(CC(=O)O)C2CCCC2)C1. The minimum absolute atomic E-state index is 0.0660. The largest absolute Gasteiger partial charge is 0.480 e. The molecule has 0 aliphatic heterocycles. The van der Waals surface area contributed by atoms with Gasteiger partial charge in [-0.1, -0.05) is 32.6 Å². The third kappa shape index (κ3) is 3.32. The molecule has 5 nitrogen and oxygen atoms in total. The Labute approximate surface area is 120 Å². The lowest BCUT2D eigenvalue weighted by Gasteiger charge is -2.40. The van der Waals surface area contributed by atoms with Gasteiger partial charge in [0.2, 0.25) is 5.91 Å². The van der Waals surface area contributed by atoms with E-state index in [0.29, 0.717) is 18.8 Å². The van der Waals surface area contributed by atoms with Gasteiger partial charge in [0, 0.05) is 6.04 Å². The second kappa shape index (κ2) is 6.12. The van der Waals surface area contributed by atoms with Crippen molar-refractivity contribution >= 4 is 11.9 Å². The number of carboxylic acid groups (broad SMARTS) is 1. The summed E-state index contributed by atoms with van der Waals surface area (Å²) < 4.78 is 0. The van der Waals surface area contributed by atoms with E-state index in [4.69, 9.17) is 10.8 Å². The molecule has 114 valence electrons. The zero-order valence-corrected chi connectivity index (χ0v) is 12.3. The first kappa shape index (κ1) is 15.3. The van der Waals surface area contributed by atoms with Crippen molar-refractivity contribution in [1.82, 2.24) is 4.90 Å². The van der Waals surface area contributed by atoms with Crippen LogP contribution < -0.4 is 5.73 Å². The standard InChI is InChI=1S/C15H26N2O3/c1-11-5-4-8-15(16,9-11)14(20)17(10-13(18)19)12-6-2-3-7-12/h11-12H,2-10,16H2,1H3,(H,18,19). The summed E-state index contributed by atoms with van der Waals surface area (Å²) in [5, 5.41) is 9.09. The van der Waals surface area contributed by atoms with Crippen LogP contribution in [0, 0.1) is 5.92 Å². The molecule has 0 bridgehead atoms. The van der Waals surface area contributed by atoms with Gasteiger partial charge in [-0.25, -0.2) is 0 Å². The van der Waals surface area contributed by atoms with Crippen LogP contribution in [0.2, 0.25) is 0 Å². The molecule has 0 saturated heterocycles. The Hall–Kier alpha value is -1.10. The van der Waals surface area contributed by atoms with Gasteiger partial charge < -0.3 is 15.7 Å². The van der Waals surface area contributed by atoms with Crippen LogP contribution in [0.5, 0.6) is 0 Å². The molecule has 1 amide bonds. The highest BCUT2D eigenvalue weighted by atomic mass is 16.4. The zero-order valence-electron chi connectivity index (χ0n) is 12.3. The van der Waals surface area contributed by atoms with Gasteiger partial charge in [0.15, 0.2) is 0 Å². The third-order valence-corrected chi connectivity index (χ3v) is 4.79. The summed E-state index contributed by atoms with van der Waals surface area (Å²) in [6.45, 7) is 1.90. The molecule has 2 fully saturated rings. The molecule has 2 unspecified atom stereocenters. The number of rotatable bonds is 4. The van der Waals surface area contributed by atoms with Crippen LogP contribution in [0.4, 0.5) is 0 Å². The monoisotopic (exact) mass is 282 g/mol. The van der Waals surface area contributed by atoms with Crippen molar-refractivity contribution in [3.63, 3.8) is 0 Å². The molecule has 0 aromatic carbocycles. The maximum Gasteiger partial charge on any atom is 0.323 e. The Morgan fingerprint density at radius 2 is 1.90 bits per heavy atom. The van der Waals surface area contributed by atoms with E-state index in [0.717, 1.165) is 38.5 Å². The number of carbonyl (C=O) groups excluding carboxylic acids is 1. The number of amides is 1. The maximum atomic E-state index is 12.8. The van der Waals surface area contributed by atoms with Crippen molar-refractivity contribution in [2.75, 3.05) is 6.54 Å². The average molecular weight is 282 g/mol. The van der Waals surface area contributed by atoms with Gasteiger partial charge in [-0.15, -0.1) is 0 Å². The Morgan fingerprint density at radius 3 is 2.45 bits per heavy atom. The molecule has 0 aromatic heterocycles. The van der Waals surface area contributed by atoms with E-state index in [1.54, 1.807) is 4.90 Å². The highest BCUT2D eigenvalue weighted by Gasteiger charge is 2.43. The minimum atomic E-state index is -0.947. The maximum absolute atomic E-state index is 12.8. The number of aliphatic carboxylic acids is 1. The molecule has 2 rings (SSSR count). The summed E-state index contributed by atoms with van der Waals surface area (Å²) in [7, 11) is 0. The summed E-state index contributed by atoms with van der Waals surface area (Å²) in [6, 6.07) is 0.0660. The Balaban J connectivity index is 2.14. The molecule has 3 N–H and O–H groups in total.